The molecule has 0 saturated carbocycles. The first-order valence-corrected chi connectivity index (χ1v) is 9.99. The molecule has 0 bridgehead atoms. The topological polar surface area (TPSA) is 103 Å². The van der Waals surface area contributed by atoms with Gasteiger partial charge in [0.1, 0.15) is 5.69 Å². The molecule has 0 unspecified atom stereocenters. The highest BCUT2D eigenvalue weighted by atomic mass is 79.9. The molecule has 8 nitrogen and oxygen atoms in total. The van der Waals surface area contributed by atoms with Gasteiger partial charge in [0.05, 0.1) is 15.9 Å². The molecule has 0 aliphatic heterocycles. The Labute approximate surface area is 194 Å². The van der Waals surface area contributed by atoms with E-state index in [0.717, 1.165) is 10.7 Å². The minimum absolute atomic E-state index is 0.00334. The van der Waals surface area contributed by atoms with Crippen molar-refractivity contribution in [3.8, 4) is 17.4 Å². The summed E-state index contributed by atoms with van der Waals surface area (Å²) in [5, 5.41) is 5.96. The van der Waals surface area contributed by atoms with Crippen LogP contribution in [-0.4, -0.2) is 31.8 Å². The molecule has 0 fully saturated rings. The number of pyridine rings is 1. The van der Waals surface area contributed by atoms with Crippen LogP contribution >= 0.6 is 39.1 Å². The van der Waals surface area contributed by atoms with Gasteiger partial charge < -0.3 is 9.73 Å². The predicted octanol–water partition coefficient (Wildman–Crippen LogP) is 5.01. The van der Waals surface area contributed by atoms with Crippen molar-refractivity contribution in [2.45, 2.75) is 6.18 Å². The number of carbonyl (C=O) groups excluding carboxylic acids is 1. The van der Waals surface area contributed by atoms with Gasteiger partial charge in [-0.2, -0.15) is 13.2 Å². The lowest BCUT2D eigenvalue weighted by Gasteiger charge is -2.08. The van der Waals surface area contributed by atoms with E-state index in [1.807, 2.05) is 0 Å². The van der Waals surface area contributed by atoms with E-state index in [1.54, 1.807) is 5.32 Å². The maximum atomic E-state index is 12.7. The summed E-state index contributed by atoms with van der Waals surface area (Å²) in [6.45, 7) is 0. The van der Waals surface area contributed by atoms with Gasteiger partial charge in [-0.15, -0.1) is 5.10 Å². The number of aromatic nitrogens is 4. The normalized spacial score (nSPS) is 11.7. The smallest absolute Gasteiger partial charge is 0.401 e. The van der Waals surface area contributed by atoms with Gasteiger partial charge in [0.15, 0.2) is 11.6 Å². The molecule has 0 aliphatic rings. The minimum Gasteiger partial charge on any atom is -0.401 e. The number of carbonyl (C=O) groups is 1. The molecular formula is C18H7BrCl2F3N5O3. The Balaban J connectivity index is 1.94. The number of hydrogen-bond acceptors (Lipinski definition) is 6. The first kappa shape index (κ1) is 22.2. The highest BCUT2D eigenvalue weighted by Gasteiger charge is 2.39. The molecule has 1 aromatic carbocycles. The van der Waals surface area contributed by atoms with Crippen LogP contribution in [-0.2, 0) is 4.79 Å². The fraction of sp³-hybridized carbons (Fsp3) is 0.0556. The van der Waals surface area contributed by atoms with Crippen LogP contribution < -0.4 is 10.9 Å². The molecule has 164 valence electrons. The van der Waals surface area contributed by atoms with Gasteiger partial charge in [-0.25, -0.2) is 19.4 Å². The molecule has 0 atom stereocenters. The van der Waals surface area contributed by atoms with Crippen molar-refractivity contribution in [2.24, 2.45) is 0 Å². The van der Waals surface area contributed by atoms with Crippen molar-refractivity contribution >= 4 is 61.8 Å². The van der Waals surface area contributed by atoms with Crippen molar-refractivity contribution in [2.75, 3.05) is 5.32 Å². The monoisotopic (exact) mass is 547 g/mol. The number of benzene rings is 1. The molecular weight excluding hydrogens is 542 g/mol. The number of anilines is 1. The number of hydrogen-bond donors (Lipinski definition) is 1. The summed E-state index contributed by atoms with van der Waals surface area (Å²) in [7, 11) is 0. The van der Waals surface area contributed by atoms with Crippen LogP contribution in [0.25, 0.3) is 28.3 Å². The number of halogens is 6. The van der Waals surface area contributed by atoms with Crippen LogP contribution in [0.4, 0.5) is 19.0 Å². The van der Waals surface area contributed by atoms with E-state index in [1.165, 1.54) is 30.5 Å². The summed E-state index contributed by atoms with van der Waals surface area (Å²) in [6.07, 6.45) is -3.78. The zero-order valence-corrected chi connectivity index (χ0v) is 18.3. The van der Waals surface area contributed by atoms with Gasteiger partial charge in [0.25, 0.3) is 0 Å². The second kappa shape index (κ2) is 8.19. The summed E-state index contributed by atoms with van der Waals surface area (Å²) in [5.41, 5.74) is -0.723. The molecule has 32 heavy (non-hydrogen) atoms. The predicted molar refractivity (Wildman–Crippen MR) is 113 cm³/mol. The van der Waals surface area contributed by atoms with Crippen LogP contribution in [0, 0.1) is 0 Å². The zero-order chi connectivity index (χ0) is 23.2. The van der Waals surface area contributed by atoms with Crippen molar-refractivity contribution in [1.29, 1.82) is 0 Å². The molecule has 0 aliphatic carbocycles. The minimum atomic E-state index is -5.15. The zero-order valence-electron chi connectivity index (χ0n) is 15.2. The first-order chi connectivity index (χ1) is 15.0. The van der Waals surface area contributed by atoms with E-state index < -0.39 is 23.5 Å². The quantitative estimate of drug-likeness (QED) is 0.386. The Bertz CT molecular complexity index is 1440. The second-order valence-corrected chi connectivity index (χ2v) is 7.88. The number of alkyl halides is 3. The van der Waals surface area contributed by atoms with Gasteiger partial charge in [0.2, 0.25) is 5.89 Å². The highest BCUT2D eigenvalue weighted by molar-refractivity contribution is 9.10. The highest BCUT2D eigenvalue weighted by Crippen LogP contribution is 2.31. The fourth-order valence-corrected chi connectivity index (χ4v) is 3.79. The number of fused-ring (bicyclic) bond motifs is 1. The maximum absolute atomic E-state index is 12.7. The number of amides is 1. The summed E-state index contributed by atoms with van der Waals surface area (Å²) < 4.78 is 44.7. The Kier molecular flexibility index (Phi) is 5.69. The molecule has 4 aromatic rings. The van der Waals surface area contributed by atoms with Gasteiger partial charge in [-0.3, -0.25) is 4.79 Å². The largest absolute Gasteiger partial charge is 0.471 e. The standard InChI is InChI=1S/C18H7BrCl2F3N5O3/c19-9-5-7(20)4-8-13(9)27-15(32-16(8)30)11-6-12(26-17(31)18(22,23)24)28-29(11)14-10(21)2-1-3-25-14/h1-6H,(H,26,28,31). The molecule has 14 heteroatoms. The van der Waals surface area contributed by atoms with Crippen molar-refractivity contribution in [3.05, 3.63) is 61.5 Å². The lowest BCUT2D eigenvalue weighted by molar-refractivity contribution is -0.167. The van der Waals surface area contributed by atoms with Crippen LogP contribution in [0.1, 0.15) is 0 Å². The van der Waals surface area contributed by atoms with Crippen LogP contribution in [0.5, 0.6) is 0 Å². The summed E-state index contributed by atoms with van der Waals surface area (Å²) in [6, 6.07) is 6.88. The van der Waals surface area contributed by atoms with E-state index in [-0.39, 0.29) is 38.4 Å². The van der Waals surface area contributed by atoms with Crippen LogP contribution in [0.2, 0.25) is 10.0 Å². The molecule has 3 aromatic heterocycles. The third kappa shape index (κ3) is 4.20. The Morgan fingerprint density at radius 3 is 2.66 bits per heavy atom. The first-order valence-electron chi connectivity index (χ1n) is 8.44. The van der Waals surface area contributed by atoms with Gasteiger partial charge in [0, 0.05) is 21.8 Å². The molecule has 3 heterocycles. The fourth-order valence-electron chi connectivity index (χ4n) is 2.69. The lowest BCUT2D eigenvalue weighted by atomic mass is 10.2. The Morgan fingerprint density at radius 2 is 1.97 bits per heavy atom. The molecule has 1 amide bonds. The van der Waals surface area contributed by atoms with Crippen LogP contribution in [0.3, 0.4) is 0 Å². The van der Waals surface area contributed by atoms with Crippen LogP contribution in [0.15, 0.2) is 50.2 Å². The maximum Gasteiger partial charge on any atom is 0.471 e. The van der Waals surface area contributed by atoms with Crippen molar-refractivity contribution in [3.63, 3.8) is 0 Å². The summed E-state index contributed by atoms with van der Waals surface area (Å²) >= 11 is 15.4. The Hall–Kier alpha value is -2.96. The lowest BCUT2D eigenvalue weighted by Crippen LogP contribution is -2.30. The van der Waals surface area contributed by atoms with E-state index in [4.69, 9.17) is 27.6 Å². The average Bonchev–Trinajstić information content (AvgIpc) is 3.11. The molecule has 4 rings (SSSR count). The van der Waals surface area contributed by atoms with Crippen molar-refractivity contribution < 1.29 is 22.4 Å². The summed E-state index contributed by atoms with van der Waals surface area (Å²) in [4.78, 5) is 32.2. The van der Waals surface area contributed by atoms with E-state index in [2.05, 4.69) is 31.0 Å². The van der Waals surface area contributed by atoms with E-state index in [9.17, 15) is 22.8 Å². The third-order valence-electron chi connectivity index (χ3n) is 4.02. The second-order valence-electron chi connectivity index (χ2n) is 6.18. The molecule has 0 radical (unpaired) electrons. The molecule has 1 N–H and O–H groups in total. The number of nitrogens with zero attached hydrogens (tertiary/aromatic N) is 4. The number of nitrogens with one attached hydrogen (secondary N) is 1. The van der Waals surface area contributed by atoms with E-state index in [0.29, 0.717) is 4.47 Å². The SMILES string of the molecule is O=C(Nc1cc(-c2nc3c(Br)cc(Cl)cc3c(=O)o2)n(-c2ncccc2Cl)n1)C(F)(F)F. The third-order valence-corrected chi connectivity index (χ3v) is 5.14. The summed E-state index contributed by atoms with van der Waals surface area (Å²) in [5.74, 6) is -3.06. The molecule has 0 saturated heterocycles. The number of rotatable bonds is 3. The van der Waals surface area contributed by atoms with Gasteiger partial charge >= 0.3 is 17.7 Å². The Morgan fingerprint density at radius 1 is 1.22 bits per heavy atom. The van der Waals surface area contributed by atoms with Gasteiger partial charge in [-0.05, 0) is 40.2 Å². The van der Waals surface area contributed by atoms with E-state index >= 15 is 0 Å². The average molecular weight is 549 g/mol. The van der Waals surface area contributed by atoms with Gasteiger partial charge in [-0.1, -0.05) is 23.2 Å². The molecule has 0 spiro atoms. The van der Waals surface area contributed by atoms with Crippen molar-refractivity contribution in [1.82, 2.24) is 19.7 Å².